The van der Waals surface area contributed by atoms with Gasteiger partial charge in [0.25, 0.3) is 0 Å². The van der Waals surface area contributed by atoms with Crippen LogP contribution in [0.5, 0.6) is 11.5 Å². The summed E-state index contributed by atoms with van der Waals surface area (Å²) in [4.78, 5) is 12.2. The second kappa shape index (κ2) is 5.37. The Morgan fingerprint density at radius 2 is 2.00 bits per heavy atom. The molecule has 0 aliphatic heterocycles. The van der Waals surface area contributed by atoms with Crippen molar-refractivity contribution in [2.75, 3.05) is 0 Å². The first kappa shape index (κ1) is 14.5. The molecule has 0 aliphatic rings. The van der Waals surface area contributed by atoms with E-state index in [4.69, 9.17) is 11.5 Å². The van der Waals surface area contributed by atoms with Crippen LogP contribution in [0.15, 0.2) is 18.2 Å². The highest BCUT2D eigenvalue weighted by Gasteiger charge is 2.33. The van der Waals surface area contributed by atoms with E-state index in [0.717, 1.165) is 0 Å². The minimum atomic E-state index is -1.39. The molecule has 1 unspecified atom stereocenters. The molecule has 1 atom stereocenters. The monoisotopic (exact) mass is 252 g/mol. The van der Waals surface area contributed by atoms with E-state index >= 15 is 0 Å². The lowest BCUT2D eigenvalue weighted by Gasteiger charge is -2.26. The lowest BCUT2D eigenvalue weighted by Crippen LogP contribution is -2.57. The minimum absolute atomic E-state index is 0.0591. The van der Waals surface area contributed by atoms with E-state index < -0.39 is 11.6 Å². The van der Waals surface area contributed by atoms with Gasteiger partial charge in [-0.05, 0) is 12.5 Å². The van der Waals surface area contributed by atoms with Crippen LogP contribution in [-0.4, -0.2) is 21.7 Å². The summed E-state index contributed by atoms with van der Waals surface area (Å²) in [5.74, 6) is -1.14. The van der Waals surface area contributed by atoms with Gasteiger partial charge in [-0.3, -0.25) is 4.79 Å². The SMILES string of the molecule is CCCC(N)(N)C(=O)C(C)c1ccc(O)cc1O. The van der Waals surface area contributed by atoms with E-state index in [1.807, 2.05) is 6.92 Å². The first-order valence-electron chi connectivity index (χ1n) is 5.93. The summed E-state index contributed by atoms with van der Waals surface area (Å²) in [5, 5.41) is 18.9. The largest absolute Gasteiger partial charge is 0.508 e. The molecule has 6 N–H and O–H groups in total. The van der Waals surface area contributed by atoms with Gasteiger partial charge in [0.2, 0.25) is 0 Å². The molecule has 1 aromatic rings. The fourth-order valence-electron chi connectivity index (χ4n) is 1.98. The van der Waals surface area contributed by atoms with Crippen molar-refractivity contribution < 1.29 is 15.0 Å². The molecule has 0 fully saturated rings. The van der Waals surface area contributed by atoms with E-state index in [1.54, 1.807) is 6.92 Å². The number of nitrogens with two attached hydrogens (primary N) is 2. The number of benzene rings is 1. The zero-order chi connectivity index (χ0) is 13.9. The number of hydrogen-bond acceptors (Lipinski definition) is 5. The number of Topliss-reactive ketones (excluding diaryl/α,β-unsaturated/α-hetero) is 1. The second-order valence-electron chi connectivity index (χ2n) is 4.62. The molecule has 0 aliphatic carbocycles. The Kier molecular flexibility index (Phi) is 4.32. The Hall–Kier alpha value is -1.59. The Morgan fingerprint density at radius 1 is 1.39 bits per heavy atom. The Bertz CT molecular complexity index is 444. The van der Waals surface area contributed by atoms with Crippen LogP contribution in [0.3, 0.4) is 0 Å². The van der Waals surface area contributed by atoms with E-state index in [1.165, 1.54) is 18.2 Å². The molecule has 0 saturated carbocycles. The van der Waals surface area contributed by atoms with Crippen LogP contribution in [-0.2, 0) is 4.79 Å². The quantitative estimate of drug-likeness (QED) is 0.588. The molecule has 0 spiro atoms. The number of phenolic OH excluding ortho intramolecular Hbond substituents is 2. The van der Waals surface area contributed by atoms with E-state index in [2.05, 4.69) is 0 Å². The molecule has 100 valence electrons. The smallest absolute Gasteiger partial charge is 0.174 e. The minimum Gasteiger partial charge on any atom is -0.508 e. The van der Waals surface area contributed by atoms with Crippen molar-refractivity contribution in [2.24, 2.45) is 11.5 Å². The average molecular weight is 252 g/mol. The Balaban J connectivity index is 3.00. The fraction of sp³-hybridized carbons (Fsp3) is 0.462. The summed E-state index contributed by atoms with van der Waals surface area (Å²) in [6.45, 7) is 3.53. The third-order valence-corrected chi connectivity index (χ3v) is 3.00. The number of ketones is 1. The molecule has 1 rings (SSSR count). The highest BCUT2D eigenvalue weighted by molar-refractivity contribution is 5.93. The standard InChI is InChI=1S/C13H20N2O3/c1-3-6-13(14,15)12(18)8(2)10-5-4-9(16)7-11(10)17/h4-5,7-8,16-17H,3,6,14-15H2,1-2H3. The Labute approximate surface area is 106 Å². The van der Waals surface area contributed by atoms with Gasteiger partial charge >= 0.3 is 0 Å². The highest BCUT2D eigenvalue weighted by atomic mass is 16.3. The van der Waals surface area contributed by atoms with Crippen LogP contribution >= 0.6 is 0 Å². The van der Waals surface area contributed by atoms with Crippen LogP contribution in [0, 0.1) is 0 Å². The number of hydrogen-bond donors (Lipinski definition) is 4. The van der Waals surface area contributed by atoms with Crippen LogP contribution < -0.4 is 11.5 Å². The van der Waals surface area contributed by atoms with Gasteiger partial charge in [0, 0.05) is 17.5 Å². The van der Waals surface area contributed by atoms with Crippen LogP contribution in [0.25, 0.3) is 0 Å². The van der Waals surface area contributed by atoms with E-state index in [9.17, 15) is 15.0 Å². The third kappa shape index (κ3) is 3.00. The van der Waals surface area contributed by atoms with Gasteiger partial charge in [0.15, 0.2) is 5.78 Å². The fourth-order valence-corrected chi connectivity index (χ4v) is 1.98. The molecule has 5 nitrogen and oxygen atoms in total. The zero-order valence-corrected chi connectivity index (χ0v) is 10.7. The number of carbonyl (C=O) groups is 1. The number of rotatable bonds is 5. The van der Waals surface area contributed by atoms with E-state index in [0.29, 0.717) is 18.4 Å². The predicted octanol–water partition coefficient (Wildman–Crippen LogP) is 1.18. The predicted molar refractivity (Wildman–Crippen MR) is 69.2 cm³/mol. The zero-order valence-electron chi connectivity index (χ0n) is 10.7. The maximum Gasteiger partial charge on any atom is 0.174 e. The molecular weight excluding hydrogens is 232 g/mol. The number of phenols is 2. The summed E-state index contributed by atoms with van der Waals surface area (Å²) < 4.78 is 0. The van der Waals surface area contributed by atoms with Crippen molar-refractivity contribution in [1.29, 1.82) is 0 Å². The van der Waals surface area contributed by atoms with Crippen molar-refractivity contribution in [2.45, 2.75) is 38.3 Å². The summed E-state index contributed by atoms with van der Waals surface area (Å²) >= 11 is 0. The van der Waals surface area contributed by atoms with E-state index in [-0.39, 0.29) is 17.3 Å². The van der Waals surface area contributed by atoms with Crippen molar-refractivity contribution in [3.05, 3.63) is 23.8 Å². The maximum atomic E-state index is 12.2. The van der Waals surface area contributed by atoms with Gasteiger partial charge in [-0.15, -0.1) is 0 Å². The average Bonchev–Trinajstić information content (AvgIpc) is 2.27. The Morgan fingerprint density at radius 3 is 2.50 bits per heavy atom. The molecule has 0 radical (unpaired) electrons. The highest BCUT2D eigenvalue weighted by Crippen LogP contribution is 2.31. The molecule has 0 aromatic heterocycles. The normalized spacial score (nSPS) is 13.3. The van der Waals surface area contributed by atoms with Gasteiger partial charge in [0.1, 0.15) is 17.2 Å². The van der Waals surface area contributed by atoms with Crippen molar-refractivity contribution in [3.63, 3.8) is 0 Å². The second-order valence-corrected chi connectivity index (χ2v) is 4.62. The van der Waals surface area contributed by atoms with Crippen molar-refractivity contribution in [3.8, 4) is 11.5 Å². The lowest BCUT2D eigenvalue weighted by atomic mass is 9.87. The van der Waals surface area contributed by atoms with Gasteiger partial charge in [-0.25, -0.2) is 0 Å². The van der Waals surface area contributed by atoms with Crippen LogP contribution in [0.1, 0.15) is 38.2 Å². The third-order valence-electron chi connectivity index (χ3n) is 3.00. The molecule has 18 heavy (non-hydrogen) atoms. The first-order chi connectivity index (χ1) is 8.29. The molecule has 0 bridgehead atoms. The lowest BCUT2D eigenvalue weighted by molar-refractivity contribution is -0.125. The summed E-state index contributed by atoms with van der Waals surface area (Å²) in [7, 11) is 0. The van der Waals surface area contributed by atoms with Gasteiger partial charge in [-0.2, -0.15) is 0 Å². The van der Waals surface area contributed by atoms with Crippen LogP contribution in [0.2, 0.25) is 0 Å². The van der Waals surface area contributed by atoms with Crippen LogP contribution in [0.4, 0.5) is 0 Å². The maximum absolute atomic E-state index is 12.2. The topological polar surface area (TPSA) is 110 Å². The summed E-state index contributed by atoms with van der Waals surface area (Å²) in [6.07, 6.45) is 1.09. The first-order valence-corrected chi connectivity index (χ1v) is 5.93. The molecule has 1 aromatic carbocycles. The molecule has 0 amide bonds. The number of aromatic hydroxyl groups is 2. The summed E-state index contributed by atoms with van der Waals surface area (Å²) in [5.41, 5.74) is 10.6. The number of carbonyl (C=O) groups excluding carboxylic acids is 1. The summed E-state index contributed by atoms with van der Waals surface area (Å²) in [6, 6.07) is 4.09. The molecule has 0 saturated heterocycles. The van der Waals surface area contributed by atoms with Gasteiger partial charge < -0.3 is 21.7 Å². The molecular formula is C13H20N2O3. The van der Waals surface area contributed by atoms with Gasteiger partial charge in [-0.1, -0.05) is 26.3 Å². The molecule has 0 heterocycles. The van der Waals surface area contributed by atoms with Crippen molar-refractivity contribution in [1.82, 2.24) is 0 Å². The molecule has 5 heteroatoms. The van der Waals surface area contributed by atoms with Gasteiger partial charge in [0.05, 0.1) is 0 Å². The van der Waals surface area contributed by atoms with Crippen molar-refractivity contribution >= 4 is 5.78 Å².